The smallest absolute Gasteiger partial charge is 0.314 e. The molecular weight excluding hydrogens is 312 g/mol. The number of aliphatic carboxylic acids is 1. The van der Waals surface area contributed by atoms with Gasteiger partial charge in [-0.3, -0.25) is 14.4 Å². The molecule has 0 unspecified atom stereocenters. The lowest BCUT2D eigenvalue weighted by molar-refractivity contribution is -0.149. The number of pyridine rings is 1. The van der Waals surface area contributed by atoms with E-state index < -0.39 is 11.4 Å². The molecule has 24 heavy (non-hydrogen) atoms. The Kier molecular flexibility index (Phi) is 3.21. The lowest BCUT2D eigenvalue weighted by Crippen LogP contribution is -2.40. The van der Waals surface area contributed by atoms with Gasteiger partial charge >= 0.3 is 5.97 Å². The third kappa shape index (κ3) is 2.05. The number of ether oxygens (including phenoxy) is 1. The van der Waals surface area contributed by atoms with E-state index in [1.165, 1.54) is 12.3 Å². The van der Waals surface area contributed by atoms with Crippen LogP contribution in [0.25, 0.3) is 10.8 Å². The number of nitrogens with zero attached hydrogens (tertiary/aromatic N) is 1. The monoisotopic (exact) mass is 328 g/mol. The highest BCUT2D eigenvalue weighted by Crippen LogP contribution is 2.42. The summed E-state index contributed by atoms with van der Waals surface area (Å²) in [6, 6.07) is 6.63. The topological polar surface area (TPSA) is 99.7 Å². The van der Waals surface area contributed by atoms with Crippen molar-refractivity contribution in [1.29, 1.82) is 0 Å². The first-order chi connectivity index (χ1) is 11.5. The molecule has 2 atom stereocenters. The highest BCUT2D eigenvalue weighted by molar-refractivity contribution is 6.07. The zero-order valence-electron chi connectivity index (χ0n) is 12.8. The molecular formula is C17H16N2O5. The third-order valence-electron chi connectivity index (χ3n) is 5.10. The van der Waals surface area contributed by atoms with Gasteiger partial charge in [-0.05, 0) is 11.5 Å². The number of benzene rings is 1. The summed E-state index contributed by atoms with van der Waals surface area (Å²) < 4.78 is 5.33. The van der Waals surface area contributed by atoms with Gasteiger partial charge in [-0.1, -0.05) is 12.1 Å². The lowest BCUT2D eigenvalue weighted by atomic mass is 9.81. The zero-order valence-corrected chi connectivity index (χ0v) is 12.8. The van der Waals surface area contributed by atoms with Gasteiger partial charge in [-0.2, -0.15) is 0 Å². The molecule has 2 aliphatic rings. The van der Waals surface area contributed by atoms with E-state index in [1.54, 1.807) is 23.1 Å². The Bertz CT molecular complexity index is 905. The second kappa shape index (κ2) is 5.17. The van der Waals surface area contributed by atoms with Gasteiger partial charge in [0.15, 0.2) is 0 Å². The van der Waals surface area contributed by atoms with Crippen molar-refractivity contribution in [3.05, 3.63) is 46.4 Å². The van der Waals surface area contributed by atoms with E-state index in [4.69, 9.17) is 4.74 Å². The minimum atomic E-state index is -1.01. The molecule has 1 aromatic heterocycles. The van der Waals surface area contributed by atoms with Crippen molar-refractivity contribution < 1.29 is 19.4 Å². The Labute approximate surface area is 136 Å². The van der Waals surface area contributed by atoms with Crippen LogP contribution in [-0.2, 0) is 9.53 Å². The Hall–Kier alpha value is -2.67. The first-order valence-corrected chi connectivity index (χ1v) is 7.73. The average Bonchev–Trinajstić information content (AvgIpc) is 3.11. The van der Waals surface area contributed by atoms with Gasteiger partial charge in [0.25, 0.3) is 5.91 Å². The molecule has 2 saturated heterocycles. The summed E-state index contributed by atoms with van der Waals surface area (Å²) in [5.41, 5.74) is -0.774. The molecule has 0 saturated carbocycles. The predicted molar refractivity (Wildman–Crippen MR) is 84.9 cm³/mol. The number of hydrogen-bond donors (Lipinski definition) is 2. The molecule has 2 aliphatic heterocycles. The van der Waals surface area contributed by atoms with Crippen LogP contribution in [-0.4, -0.2) is 53.2 Å². The van der Waals surface area contributed by atoms with Crippen LogP contribution >= 0.6 is 0 Å². The third-order valence-corrected chi connectivity index (χ3v) is 5.10. The second-order valence-corrected chi connectivity index (χ2v) is 6.46. The number of likely N-dealkylation sites (tertiary alicyclic amines) is 1. The Balaban J connectivity index is 1.71. The average molecular weight is 328 g/mol. The molecule has 7 heteroatoms. The Morgan fingerprint density at radius 3 is 2.96 bits per heavy atom. The fraction of sp³-hybridized carbons (Fsp3) is 0.353. The number of aromatic nitrogens is 1. The van der Waals surface area contributed by atoms with Gasteiger partial charge < -0.3 is 19.7 Å². The second-order valence-electron chi connectivity index (χ2n) is 6.46. The number of nitrogens with one attached hydrogen (secondary N) is 1. The number of fused-ring (bicyclic) bond motifs is 2. The highest BCUT2D eigenvalue weighted by Gasteiger charge is 2.57. The number of hydrogen-bond acceptors (Lipinski definition) is 4. The van der Waals surface area contributed by atoms with Gasteiger partial charge in [0, 0.05) is 42.2 Å². The van der Waals surface area contributed by atoms with E-state index >= 15 is 0 Å². The molecule has 0 spiro atoms. The molecule has 4 rings (SSSR count). The van der Waals surface area contributed by atoms with Crippen molar-refractivity contribution in [2.45, 2.75) is 0 Å². The van der Waals surface area contributed by atoms with Gasteiger partial charge in [0.1, 0.15) is 5.41 Å². The summed E-state index contributed by atoms with van der Waals surface area (Å²) in [7, 11) is 0. The Morgan fingerprint density at radius 2 is 2.21 bits per heavy atom. The van der Waals surface area contributed by atoms with Crippen molar-refractivity contribution in [3.63, 3.8) is 0 Å². The molecule has 2 N–H and O–H groups in total. The van der Waals surface area contributed by atoms with Crippen molar-refractivity contribution >= 4 is 22.6 Å². The normalized spacial score (nSPS) is 25.8. The van der Waals surface area contributed by atoms with Crippen molar-refractivity contribution in [2.24, 2.45) is 11.3 Å². The van der Waals surface area contributed by atoms with Crippen LogP contribution in [0.1, 0.15) is 10.4 Å². The number of carboxylic acids is 1. The van der Waals surface area contributed by atoms with E-state index in [9.17, 15) is 19.5 Å². The van der Waals surface area contributed by atoms with E-state index in [-0.39, 0.29) is 30.5 Å². The standard InChI is InChI=1S/C17H16N2O5/c20-14-4-10-2-1-3-12(13(10)5-18-14)15(21)19-6-11-7-24-9-17(11,8-19)16(22)23/h1-5,11H,6-9H2,(H,18,20)(H,22,23)/t11-,17-/m1/s1. The van der Waals surface area contributed by atoms with Crippen LogP contribution < -0.4 is 5.56 Å². The predicted octanol–water partition coefficient (Wildman–Crippen LogP) is 0.701. The van der Waals surface area contributed by atoms with Gasteiger partial charge in [0.2, 0.25) is 5.56 Å². The first-order valence-electron chi connectivity index (χ1n) is 7.73. The summed E-state index contributed by atoms with van der Waals surface area (Å²) in [5, 5.41) is 10.9. The molecule has 2 fully saturated rings. The maximum atomic E-state index is 12.9. The maximum absolute atomic E-state index is 12.9. The van der Waals surface area contributed by atoms with Crippen LogP contribution in [0, 0.1) is 11.3 Å². The lowest BCUT2D eigenvalue weighted by Gasteiger charge is -2.22. The van der Waals surface area contributed by atoms with Gasteiger partial charge in [-0.25, -0.2) is 0 Å². The van der Waals surface area contributed by atoms with E-state index in [0.29, 0.717) is 29.5 Å². The number of aromatic amines is 1. The summed E-state index contributed by atoms with van der Waals surface area (Å²) in [5.74, 6) is -1.32. The number of carbonyl (C=O) groups is 2. The minimum absolute atomic E-state index is 0.139. The van der Waals surface area contributed by atoms with Crippen molar-refractivity contribution in [1.82, 2.24) is 9.88 Å². The molecule has 0 radical (unpaired) electrons. The van der Waals surface area contributed by atoms with Crippen LogP contribution in [0.5, 0.6) is 0 Å². The van der Waals surface area contributed by atoms with Crippen LogP contribution in [0.15, 0.2) is 35.3 Å². The fourth-order valence-electron chi connectivity index (χ4n) is 3.75. The van der Waals surface area contributed by atoms with E-state index in [2.05, 4.69) is 4.98 Å². The Morgan fingerprint density at radius 1 is 1.38 bits per heavy atom. The first kappa shape index (κ1) is 14.9. The molecule has 7 nitrogen and oxygen atoms in total. The summed E-state index contributed by atoms with van der Waals surface area (Å²) in [6.07, 6.45) is 1.53. The summed E-state index contributed by atoms with van der Waals surface area (Å²) >= 11 is 0. The highest BCUT2D eigenvalue weighted by atomic mass is 16.5. The summed E-state index contributed by atoms with van der Waals surface area (Å²) in [4.78, 5) is 40.3. The molecule has 1 amide bonds. The van der Waals surface area contributed by atoms with E-state index in [0.717, 1.165) is 0 Å². The number of H-pyrrole nitrogens is 1. The maximum Gasteiger partial charge on any atom is 0.314 e. The van der Waals surface area contributed by atoms with Gasteiger partial charge in [0.05, 0.1) is 13.2 Å². The van der Waals surface area contributed by atoms with Gasteiger partial charge in [-0.15, -0.1) is 0 Å². The largest absolute Gasteiger partial charge is 0.481 e. The molecule has 0 aliphatic carbocycles. The van der Waals surface area contributed by atoms with E-state index in [1.807, 2.05) is 0 Å². The number of carboxylic acid groups (broad SMARTS) is 1. The number of rotatable bonds is 2. The summed E-state index contributed by atoms with van der Waals surface area (Å²) in [6.45, 7) is 1.01. The molecule has 3 heterocycles. The fourth-order valence-corrected chi connectivity index (χ4v) is 3.75. The van der Waals surface area contributed by atoms with Crippen LogP contribution in [0.2, 0.25) is 0 Å². The SMILES string of the molecule is O=C(c1cccc2cc(=O)[nH]cc12)N1C[C@@H]2COC[C@]2(C(=O)O)C1. The molecule has 124 valence electrons. The minimum Gasteiger partial charge on any atom is -0.481 e. The van der Waals surface area contributed by atoms with Crippen LogP contribution in [0.3, 0.4) is 0 Å². The molecule has 1 aromatic carbocycles. The zero-order chi connectivity index (χ0) is 16.9. The quantitative estimate of drug-likeness (QED) is 0.845. The number of carbonyl (C=O) groups excluding carboxylic acids is 1. The van der Waals surface area contributed by atoms with Crippen LogP contribution in [0.4, 0.5) is 0 Å². The van der Waals surface area contributed by atoms with Crippen molar-refractivity contribution in [3.8, 4) is 0 Å². The van der Waals surface area contributed by atoms with Crippen molar-refractivity contribution in [2.75, 3.05) is 26.3 Å². The molecule has 0 bridgehead atoms. The number of amides is 1. The molecule has 2 aromatic rings.